The average Bonchev–Trinajstić information content (AvgIpc) is 2.23. The Bertz CT molecular complexity index is 188. The molecule has 2 fully saturated rings. The number of Topliss-reactive ketones (excluding diaryl/α,β-unsaturated/α-hetero) is 1. The van der Waals surface area contributed by atoms with Crippen molar-refractivity contribution in [3.63, 3.8) is 0 Å². The normalized spacial score (nSPS) is 49.8. The van der Waals surface area contributed by atoms with E-state index in [1.54, 1.807) is 0 Å². The van der Waals surface area contributed by atoms with Crippen LogP contribution < -0.4 is 0 Å². The van der Waals surface area contributed by atoms with Gasteiger partial charge in [-0.25, -0.2) is 0 Å². The molecule has 0 radical (unpaired) electrons. The van der Waals surface area contributed by atoms with Crippen LogP contribution in [-0.2, 0) is 4.79 Å². The summed E-state index contributed by atoms with van der Waals surface area (Å²) in [5.41, 5.74) is 0. The molecule has 0 aromatic rings. The molecule has 0 saturated heterocycles. The highest BCUT2D eigenvalue weighted by molar-refractivity contribution is 5.82. The van der Waals surface area contributed by atoms with E-state index in [0.29, 0.717) is 18.1 Å². The fraction of sp³-hybridized carbons (Fsp3) is 0.889. The van der Waals surface area contributed by atoms with E-state index < -0.39 is 0 Å². The molecule has 0 amide bonds. The van der Waals surface area contributed by atoms with Crippen LogP contribution in [0.4, 0.5) is 0 Å². The first-order valence-electron chi connectivity index (χ1n) is 4.41. The van der Waals surface area contributed by atoms with Gasteiger partial charge in [-0.1, -0.05) is 6.92 Å². The van der Waals surface area contributed by atoms with Gasteiger partial charge in [0.05, 0.1) is 6.10 Å². The predicted octanol–water partition coefficient (Wildman–Crippen LogP) is 0.982. The smallest absolute Gasteiger partial charge is 0.136 e. The zero-order valence-corrected chi connectivity index (χ0v) is 6.79. The van der Waals surface area contributed by atoms with Crippen molar-refractivity contribution in [3.8, 4) is 0 Å². The van der Waals surface area contributed by atoms with Crippen molar-refractivity contribution < 1.29 is 9.90 Å². The van der Waals surface area contributed by atoms with Crippen LogP contribution in [0.1, 0.15) is 26.2 Å². The number of rotatable bonds is 0. The first-order valence-corrected chi connectivity index (χ1v) is 4.41. The fourth-order valence-electron chi connectivity index (χ4n) is 2.55. The van der Waals surface area contributed by atoms with Crippen molar-refractivity contribution in [3.05, 3.63) is 0 Å². The molecule has 2 rings (SSSR count). The summed E-state index contributed by atoms with van der Waals surface area (Å²) in [5.74, 6) is 1.05. The molecule has 2 aliphatic rings. The van der Waals surface area contributed by atoms with Gasteiger partial charge in [0.1, 0.15) is 5.78 Å². The molecule has 0 aromatic carbocycles. The highest BCUT2D eigenvalue weighted by atomic mass is 16.3. The standard InChI is InChI=1S/C9H14O2/c1-5-7-3-2-6(9(7)11)4-8(5)10/h5-7,9,11H,2-4H2,1H3/t5-,6-,7+,9?/m0/s1. The maximum Gasteiger partial charge on any atom is 0.136 e. The number of hydrogen-bond acceptors (Lipinski definition) is 2. The van der Waals surface area contributed by atoms with E-state index in [9.17, 15) is 9.90 Å². The largest absolute Gasteiger partial charge is 0.393 e. The number of aliphatic hydroxyl groups excluding tert-OH is 1. The lowest BCUT2D eigenvalue weighted by Crippen LogP contribution is -2.37. The van der Waals surface area contributed by atoms with Gasteiger partial charge in [-0.3, -0.25) is 4.79 Å². The fourth-order valence-corrected chi connectivity index (χ4v) is 2.55. The van der Waals surface area contributed by atoms with E-state index in [2.05, 4.69) is 0 Å². The molecule has 0 aromatic heterocycles. The van der Waals surface area contributed by atoms with Crippen LogP contribution in [0.25, 0.3) is 0 Å². The second-order valence-electron chi connectivity index (χ2n) is 3.95. The maximum atomic E-state index is 11.3. The van der Waals surface area contributed by atoms with Crippen LogP contribution >= 0.6 is 0 Å². The first-order chi connectivity index (χ1) is 5.20. The zero-order chi connectivity index (χ0) is 8.01. The quantitative estimate of drug-likeness (QED) is 0.564. The highest BCUT2D eigenvalue weighted by Gasteiger charge is 2.45. The number of fused-ring (bicyclic) bond motifs is 2. The first kappa shape index (κ1) is 7.29. The lowest BCUT2D eigenvalue weighted by atomic mass is 9.78. The molecule has 0 spiro atoms. The summed E-state index contributed by atoms with van der Waals surface area (Å²) in [6.45, 7) is 1.96. The van der Waals surface area contributed by atoms with Gasteiger partial charge in [-0.15, -0.1) is 0 Å². The average molecular weight is 154 g/mol. The summed E-state index contributed by atoms with van der Waals surface area (Å²) in [5, 5.41) is 9.64. The van der Waals surface area contributed by atoms with Gasteiger partial charge in [0.15, 0.2) is 0 Å². The molecular weight excluding hydrogens is 140 g/mol. The Morgan fingerprint density at radius 2 is 2.18 bits per heavy atom. The van der Waals surface area contributed by atoms with E-state index in [1.165, 1.54) is 0 Å². The third-order valence-electron chi connectivity index (χ3n) is 3.41. The Hall–Kier alpha value is -0.370. The number of ketones is 1. The summed E-state index contributed by atoms with van der Waals surface area (Å²) in [4.78, 5) is 11.3. The predicted molar refractivity (Wildman–Crippen MR) is 41.0 cm³/mol. The molecule has 4 atom stereocenters. The summed E-state index contributed by atoms with van der Waals surface area (Å²) in [6, 6.07) is 0. The lowest BCUT2D eigenvalue weighted by Gasteiger charge is -2.29. The summed E-state index contributed by atoms with van der Waals surface area (Å²) in [6.07, 6.45) is 2.56. The Morgan fingerprint density at radius 3 is 2.91 bits per heavy atom. The van der Waals surface area contributed by atoms with Crippen molar-refractivity contribution >= 4 is 5.78 Å². The minimum absolute atomic E-state index is 0.115. The minimum Gasteiger partial charge on any atom is -0.393 e. The minimum atomic E-state index is -0.178. The molecule has 62 valence electrons. The van der Waals surface area contributed by atoms with E-state index >= 15 is 0 Å². The van der Waals surface area contributed by atoms with Gasteiger partial charge in [0, 0.05) is 12.3 Å². The second kappa shape index (κ2) is 2.31. The zero-order valence-electron chi connectivity index (χ0n) is 6.79. The van der Waals surface area contributed by atoms with Crippen LogP contribution in [0.15, 0.2) is 0 Å². The molecule has 2 aliphatic carbocycles. The summed E-state index contributed by atoms with van der Waals surface area (Å²) in [7, 11) is 0. The van der Waals surface area contributed by atoms with E-state index in [-0.39, 0.29) is 17.9 Å². The molecule has 2 saturated carbocycles. The molecule has 0 aliphatic heterocycles. The van der Waals surface area contributed by atoms with Crippen LogP contribution in [0.5, 0.6) is 0 Å². The molecule has 1 unspecified atom stereocenters. The van der Waals surface area contributed by atoms with Crippen LogP contribution in [0, 0.1) is 17.8 Å². The van der Waals surface area contributed by atoms with E-state index in [1.807, 2.05) is 6.92 Å². The Balaban J connectivity index is 2.22. The summed E-state index contributed by atoms with van der Waals surface area (Å²) >= 11 is 0. The third kappa shape index (κ3) is 0.924. The lowest BCUT2D eigenvalue weighted by molar-refractivity contribution is -0.130. The van der Waals surface area contributed by atoms with Gasteiger partial charge in [0.25, 0.3) is 0 Å². The van der Waals surface area contributed by atoms with Crippen molar-refractivity contribution in [2.45, 2.75) is 32.3 Å². The molecule has 2 bridgehead atoms. The molecule has 1 N–H and O–H groups in total. The van der Waals surface area contributed by atoms with E-state index in [0.717, 1.165) is 12.8 Å². The van der Waals surface area contributed by atoms with Crippen molar-refractivity contribution in [2.75, 3.05) is 0 Å². The second-order valence-corrected chi connectivity index (χ2v) is 3.95. The Labute approximate surface area is 66.6 Å². The third-order valence-corrected chi connectivity index (χ3v) is 3.41. The van der Waals surface area contributed by atoms with Gasteiger partial charge >= 0.3 is 0 Å². The molecule has 11 heavy (non-hydrogen) atoms. The summed E-state index contributed by atoms with van der Waals surface area (Å²) < 4.78 is 0. The van der Waals surface area contributed by atoms with Gasteiger partial charge in [0.2, 0.25) is 0 Å². The van der Waals surface area contributed by atoms with Crippen LogP contribution in [-0.4, -0.2) is 17.0 Å². The Morgan fingerprint density at radius 1 is 1.45 bits per heavy atom. The Kier molecular flexibility index (Phi) is 1.53. The molecule has 2 nitrogen and oxygen atoms in total. The topological polar surface area (TPSA) is 37.3 Å². The number of carbonyl (C=O) groups is 1. The van der Waals surface area contributed by atoms with Gasteiger partial charge in [-0.2, -0.15) is 0 Å². The highest BCUT2D eigenvalue weighted by Crippen LogP contribution is 2.43. The van der Waals surface area contributed by atoms with Crippen LogP contribution in [0.2, 0.25) is 0 Å². The number of carbonyl (C=O) groups excluding carboxylic acids is 1. The van der Waals surface area contributed by atoms with Crippen LogP contribution in [0.3, 0.4) is 0 Å². The number of hydrogen-bond donors (Lipinski definition) is 1. The van der Waals surface area contributed by atoms with Crippen molar-refractivity contribution in [1.29, 1.82) is 0 Å². The SMILES string of the molecule is C[C@@H]1C(=O)C[C@@H]2CC[C@H]1C2O. The molecule has 2 heteroatoms. The monoisotopic (exact) mass is 154 g/mol. The molecule has 0 heterocycles. The van der Waals surface area contributed by atoms with Crippen molar-refractivity contribution in [2.24, 2.45) is 17.8 Å². The number of aliphatic hydroxyl groups is 1. The van der Waals surface area contributed by atoms with Gasteiger partial charge < -0.3 is 5.11 Å². The maximum absolute atomic E-state index is 11.3. The van der Waals surface area contributed by atoms with Gasteiger partial charge in [-0.05, 0) is 24.7 Å². The van der Waals surface area contributed by atoms with Crippen molar-refractivity contribution in [1.82, 2.24) is 0 Å². The molecular formula is C9H14O2. The van der Waals surface area contributed by atoms with E-state index in [4.69, 9.17) is 0 Å².